The molecule has 0 saturated heterocycles. The second kappa shape index (κ2) is 2.03. The quantitative estimate of drug-likeness (QED) is 0.552. The normalized spacial score (nSPS) is 62.5. The van der Waals surface area contributed by atoms with Gasteiger partial charge in [-0.05, 0) is 50.4 Å². The van der Waals surface area contributed by atoms with Gasteiger partial charge >= 0.3 is 0 Å². The van der Waals surface area contributed by atoms with E-state index in [-0.39, 0.29) is 10.3 Å². The van der Waals surface area contributed by atoms with Crippen molar-refractivity contribution in [2.24, 2.45) is 11.8 Å². The highest BCUT2D eigenvalue weighted by Gasteiger charge is 2.55. The van der Waals surface area contributed by atoms with Gasteiger partial charge in [-0.1, -0.05) is 0 Å². The van der Waals surface area contributed by atoms with Gasteiger partial charge in [0.25, 0.3) is 0 Å². The third-order valence-electron chi connectivity index (χ3n) is 4.00. The van der Waals surface area contributed by atoms with Gasteiger partial charge in [0, 0.05) is 4.75 Å². The van der Waals surface area contributed by atoms with Crippen LogP contribution >= 0.6 is 12.6 Å². The molecule has 1 nitrogen and oxygen atoms in total. The van der Waals surface area contributed by atoms with E-state index in [1.165, 1.54) is 19.3 Å². The van der Waals surface area contributed by atoms with E-state index in [1.54, 1.807) is 0 Å². The van der Waals surface area contributed by atoms with Crippen molar-refractivity contribution in [3.8, 4) is 0 Å². The summed E-state index contributed by atoms with van der Waals surface area (Å²) in [7, 11) is 0. The predicted molar refractivity (Wildman–Crippen MR) is 51.3 cm³/mol. The van der Waals surface area contributed by atoms with E-state index in [1.807, 2.05) is 0 Å². The largest absolute Gasteiger partial charge is 0.390 e. The molecule has 0 aromatic heterocycles. The maximum Gasteiger partial charge on any atom is 0.0666 e. The molecule has 4 aliphatic carbocycles. The Kier molecular flexibility index (Phi) is 1.30. The summed E-state index contributed by atoms with van der Waals surface area (Å²) in [5.41, 5.74) is -0.314. The smallest absolute Gasteiger partial charge is 0.0666 e. The Morgan fingerprint density at radius 1 is 1.08 bits per heavy atom. The summed E-state index contributed by atoms with van der Waals surface area (Å²) in [6, 6.07) is 0. The molecular formula is C10H16OS. The molecule has 12 heavy (non-hydrogen) atoms. The highest BCUT2D eigenvalue weighted by Crippen LogP contribution is 2.59. The van der Waals surface area contributed by atoms with E-state index >= 15 is 0 Å². The predicted octanol–water partition coefficient (Wildman–Crippen LogP) is 2.00. The van der Waals surface area contributed by atoms with Crippen LogP contribution in [0.3, 0.4) is 0 Å². The van der Waals surface area contributed by atoms with Gasteiger partial charge in [-0.3, -0.25) is 0 Å². The average Bonchev–Trinajstić information content (AvgIpc) is 1.75. The topological polar surface area (TPSA) is 20.2 Å². The Balaban J connectivity index is 1.98. The summed E-state index contributed by atoms with van der Waals surface area (Å²) in [6.45, 7) is 0. The molecule has 4 aliphatic rings. The van der Waals surface area contributed by atoms with Gasteiger partial charge in [-0.25, -0.2) is 0 Å². The van der Waals surface area contributed by atoms with Crippen molar-refractivity contribution in [3.63, 3.8) is 0 Å². The molecule has 0 spiro atoms. The maximum absolute atomic E-state index is 10.2. The molecule has 0 amide bonds. The van der Waals surface area contributed by atoms with Crippen LogP contribution in [-0.2, 0) is 0 Å². The zero-order valence-corrected chi connectivity index (χ0v) is 8.19. The van der Waals surface area contributed by atoms with Gasteiger partial charge < -0.3 is 5.11 Å². The SMILES string of the molecule is OC12CC3CC(C1)CC(S)(C3)C2. The van der Waals surface area contributed by atoms with E-state index < -0.39 is 0 Å². The second-order valence-electron chi connectivity index (χ2n) is 5.41. The van der Waals surface area contributed by atoms with E-state index in [0.29, 0.717) is 0 Å². The van der Waals surface area contributed by atoms with Crippen LogP contribution in [0.1, 0.15) is 38.5 Å². The molecule has 0 radical (unpaired) electrons. The number of rotatable bonds is 0. The first-order chi connectivity index (χ1) is 5.57. The fraction of sp³-hybridized carbons (Fsp3) is 1.00. The summed E-state index contributed by atoms with van der Waals surface area (Å²) >= 11 is 4.74. The van der Waals surface area contributed by atoms with Crippen molar-refractivity contribution < 1.29 is 5.11 Å². The molecule has 0 aromatic carbocycles. The standard InChI is InChI=1S/C10H16OS/c11-9-2-7-1-8(3-9)5-10(12,4-7)6-9/h7-8,11-12H,1-6H2. The summed E-state index contributed by atoms with van der Waals surface area (Å²) in [6.07, 6.45) is 6.96. The molecule has 4 rings (SSSR count). The Bertz CT molecular complexity index is 192. The van der Waals surface area contributed by atoms with Crippen molar-refractivity contribution in [2.45, 2.75) is 48.9 Å². The van der Waals surface area contributed by atoms with E-state index in [2.05, 4.69) is 0 Å². The van der Waals surface area contributed by atoms with Crippen LogP contribution in [0.5, 0.6) is 0 Å². The van der Waals surface area contributed by atoms with Crippen molar-refractivity contribution in [1.29, 1.82) is 0 Å². The molecular weight excluding hydrogens is 168 g/mol. The summed E-state index contributed by atoms with van der Waals surface area (Å²) in [5, 5.41) is 10.2. The van der Waals surface area contributed by atoms with E-state index in [0.717, 1.165) is 31.1 Å². The molecule has 1 N–H and O–H groups in total. The fourth-order valence-corrected chi connectivity index (χ4v) is 4.98. The lowest BCUT2D eigenvalue weighted by atomic mass is 9.54. The second-order valence-corrected chi connectivity index (χ2v) is 6.36. The molecule has 68 valence electrons. The van der Waals surface area contributed by atoms with Gasteiger partial charge in [-0.15, -0.1) is 0 Å². The van der Waals surface area contributed by atoms with Crippen LogP contribution in [0.2, 0.25) is 0 Å². The third kappa shape index (κ3) is 0.973. The first kappa shape index (κ1) is 7.69. The molecule has 2 heteroatoms. The summed E-state index contributed by atoms with van der Waals surface area (Å²) in [5.74, 6) is 1.57. The number of hydrogen-bond donors (Lipinski definition) is 2. The van der Waals surface area contributed by atoms with E-state index in [9.17, 15) is 5.11 Å². The minimum atomic E-state index is -0.314. The Hall–Kier alpha value is 0.310. The molecule has 0 aromatic rings. The molecule has 4 bridgehead atoms. The zero-order valence-electron chi connectivity index (χ0n) is 7.29. The lowest BCUT2D eigenvalue weighted by molar-refractivity contribution is -0.113. The lowest BCUT2D eigenvalue weighted by Gasteiger charge is -2.58. The first-order valence-corrected chi connectivity index (χ1v) is 5.47. The molecule has 0 aliphatic heterocycles. The van der Waals surface area contributed by atoms with Gasteiger partial charge in [-0.2, -0.15) is 12.6 Å². The summed E-state index contributed by atoms with van der Waals surface area (Å²) < 4.78 is 0.207. The Morgan fingerprint density at radius 2 is 1.67 bits per heavy atom. The maximum atomic E-state index is 10.2. The zero-order chi connectivity index (χ0) is 8.40. The molecule has 2 unspecified atom stereocenters. The minimum absolute atomic E-state index is 0.207. The number of hydrogen-bond acceptors (Lipinski definition) is 2. The molecule has 4 saturated carbocycles. The van der Waals surface area contributed by atoms with Crippen molar-refractivity contribution in [3.05, 3.63) is 0 Å². The van der Waals surface area contributed by atoms with Crippen LogP contribution in [0, 0.1) is 11.8 Å². The van der Waals surface area contributed by atoms with Gasteiger partial charge in [0.2, 0.25) is 0 Å². The van der Waals surface area contributed by atoms with Crippen LogP contribution in [0.25, 0.3) is 0 Å². The van der Waals surface area contributed by atoms with Gasteiger partial charge in [0.1, 0.15) is 0 Å². The average molecular weight is 184 g/mol. The summed E-state index contributed by atoms with van der Waals surface area (Å²) in [4.78, 5) is 0. The highest BCUT2D eigenvalue weighted by molar-refractivity contribution is 7.81. The van der Waals surface area contributed by atoms with Crippen LogP contribution in [0.15, 0.2) is 0 Å². The Labute approximate surface area is 79.0 Å². The highest BCUT2D eigenvalue weighted by atomic mass is 32.1. The molecule has 0 heterocycles. The number of aliphatic hydroxyl groups is 1. The lowest BCUT2D eigenvalue weighted by Crippen LogP contribution is -2.56. The third-order valence-corrected chi connectivity index (χ3v) is 4.52. The van der Waals surface area contributed by atoms with Crippen LogP contribution < -0.4 is 0 Å². The monoisotopic (exact) mass is 184 g/mol. The Morgan fingerprint density at radius 3 is 2.08 bits per heavy atom. The van der Waals surface area contributed by atoms with Gasteiger partial charge in [0.15, 0.2) is 0 Å². The van der Waals surface area contributed by atoms with Gasteiger partial charge in [0.05, 0.1) is 5.60 Å². The fourth-order valence-electron chi connectivity index (χ4n) is 4.17. The van der Waals surface area contributed by atoms with E-state index in [4.69, 9.17) is 12.6 Å². The van der Waals surface area contributed by atoms with Crippen LogP contribution in [-0.4, -0.2) is 15.5 Å². The van der Waals surface area contributed by atoms with Crippen molar-refractivity contribution in [2.75, 3.05) is 0 Å². The minimum Gasteiger partial charge on any atom is -0.390 e. The number of thiol groups is 1. The van der Waals surface area contributed by atoms with Crippen molar-refractivity contribution >= 4 is 12.6 Å². The first-order valence-electron chi connectivity index (χ1n) is 5.02. The molecule has 2 atom stereocenters. The van der Waals surface area contributed by atoms with Crippen molar-refractivity contribution in [1.82, 2.24) is 0 Å². The van der Waals surface area contributed by atoms with Crippen LogP contribution in [0.4, 0.5) is 0 Å². The molecule has 4 fully saturated rings.